The predicted octanol–water partition coefficient (Wildman–Crippen LogP) is 1.49. The average Bonchev–Trinajstić information content (AvgIpc) is 2.40. The van der Waals surface area contributed by atoms with E-state index in [1.807, 2.05) is 12.3 Å². The van der Waals surface area contributed by atoms with Crippen LogP contribution in [0.3, 0.4) is 0 Å². The Morgan fingerprint density at radius 3 is 3.20 bits per heavy atom. The molecule has 1 heterocycles. The summed E-state index contributed by atoms with van der Waals surface area (Å²) in [7, 11) is 0. The van der Waals surface area contributed by atoms with Crippen molar-refractivity contribution >= 4 is 22.4 Å². The maximum Gasteiger partial charge on any atom is 0.225 e. The fourth-order valence-corrected chi connectivity index (χ4v) is 1.04. The van der Waals surface area contributed by atoms with Crippen molar-refractivity contribution < 1.29 is 4.79 Å². The van der Waals surface area contributed by atoms with Crippen LogP contribution in [0.2, 0.25) is 0 Å². The SMILES string of the molecule is CCC(=O)Nc1nccs1. The Kier molecular flexibility index (Phi) is 2.39. The number of rotatable bonds is 2. The lowest BCUT2D eigenvalue weighted by Crippen LogP contribution is -2.08. The van der Waals surface area contributed by atoms with Gasteiger partial charge in [0.25, 0.3) is 0 Å². The monoisotopic (exact) mass is 156 g/mol. The molecule has 1 aromatic heterocycles. The van der Waals surface area contributed by atoms with Crippen molar-refractivity contribution in [3.05, 3.63) is 11.6 Å². The van der Waals surface area contributed by atoms with Crippen LogP contribution in [0.1, 0.15) is 13.3 Å². The molecule has 0 aliphatic carbocycles. The summed E-state index contributed by atoms with van der Waals surface area (Å²) in [6.45, 7) is 1.81. The van der Waals surface area contributed by atoms with Gasteiger partial charge < -0.3 is 5.32 Å². The Morgan fingerprint density at radius 2 is 2.70 bits per heavy atom. The van der Waals surface area contributed by atoms with Crippen LogP contribution in [-0.4, -0.2) is 10.9 Å². The molecule has 0 atom stereocenters. The summed E-state index contributed by atoms with van der Waals surface area (Å²) in [6.07, 6.45) is 2.16. The number of amides is 1. The van der Waals surface area contributed by atoms with Gasteiger partial charge in [-0.3, -0.25) is 4.79 Å². The molecule has 0 aromatic carbocycles. The van der Waals surface area contributed by atoms with Gasteiger partial charge in [0.05, 0.1) is 0 Å². The summed E-state index contributed by atoms with van der Waals surface area (Å²) in [5.74, 6) is 0.00921. The molecule has 10 heavy (non-hydrogen) atoms. The van der Waals surface area contributed by atoms with Gasteiger partial charge >= 0.3 is 0 Å². The van der Waals surface area contributed by atoms with Gasteiger partial charge in [-0.25, -0.2) is 4.98 Å². The number of thiazole rings is 1. The maximum absolute atomic E-state index is 10.7. The van der Waals surface area contributed by atoms with E-state index >= 15 is 0 Å². The van der Waals surface area contributed by atoms with Crippen molar-refractivity contribution in [2.75, 3.05) is 5.32 Å². The summed E-state index contributed by atoms with van der Waals surface area (Å²) >= 11 is 1.42. The van der Waals surface area contributed by atoms with E-state index in [9.17, 15) is 4.79 Å². The molecule has 0 fully saturated rings. The first-order valence-electron chi connectivity index (χ1n) is 3.02. The molecular weight excluding hydrogens is 148 g/mol. The maximum atomic E-state index is 10.7. The number of carbonyl (C=O) groups is 1. The Bertz CT molecular complexity index is 208. The first-order chi connectivity index (χ1) is 4.83. The third-order valence-electron chi connectivity index (χ3n) is 1.000. The van der Waals surface area contributed by atoms with Crippen molar-refractivity contribution in [3.8, 4) is 0 Å². The summed E-state index contributed by atoms with van der Waals surface area (Å²) in [4.78, 5) is 14.6. The van der Waals surface area contributed by atoms with Crippen molar-refractivity contribution in [2.24, 2.45) is 0 Å². The topological polar surface area (TPSA) is 42.0 Å². The van der Waals surface area contributed by atoms with E-state index in [0.29, 0.717) is 11.6 Å². The van der Waals surface area contributed by atoms with E-state index in [0.717, 1.165) is 0 Å². The zero-order chi connectivity index (χ0) is 7.40. The lowest BCUT2D eigenvalue weighted by molar-refractivity contribution is -0.115. The molecule has 0 unspecified atom stereocenters. The van der Waals surface area contributed by atoms with E-state index in [2.05, 4.69) is 10.3 Å². The minimum Gasteiger partial charge on any atom is -0.302 e. The Balaban J connectivity index is 2.48. The quantitative estimate of drug-likeness (QED) is 0.704. The lowest BCUT2D eigenvalue weighted by Gasteiger charge is -1.94. The summed E-state index contributed by atoms with van der Waals surface area (Å²) < 4.78 is 0. The minimum absolute atomic E-state index is 0.00921. The van der Waals surface area contributed by atoms with Crippen molar-refractivity contribution in [1.29, 1.82) is 0 Å². The average molecular weight is 156 g/mol. The summed E-state index contributed by atoms with van der Waals surface area (Å²) in [6, 6.07) is 0. The second kappa shape index (κ2) is 3.31. The molecule has 1 rings (SSSR count). The number of hydrogen-bond acceptors (Lipinski definition) is 3. The van der Waals surface area contributed by atoms with Crippen LogP contribution < -0.4 is 5.32 Å². The normalized spacial score (nSPS) is 9.30. The highest BCUT2D eigenvalue weighted by Gasteiger charge is 1.98. The zero-order valence-electron chi connectivity index (χ0n) is 5.63. The second-order valence-electron chi connectivity index (χ2n) is 1.74. The molecule has 1 aromatic rings. The van der Waals surface area contributed by atoms with Gasteiger partial charge in [-0.1, -0.05) is 6.92 Å². The van der Waals surface area contributed by atoms with E-state index in [1.54, 1.807) is 6.20 Å². The molecule has 0 saturated heterocycles. The van der Waals surface area contributed by atoms with Crippen molar-refractivity contribution in [2.45, 2.75) is 13.3 Å². The van der Waals surface area contributed by atoms with Crippen LogP contribution >= 0.6 is 11.3 Å². The Labute approximate surface area is 63.1 Å². The van der Waals surface area contributed by atoms with E-state index in [-0.39, 0.29) is 5.91 Å². The highest BCUT2D eigenvalue weighted by molar-refractivity contribution is 7.13. The van der Waals surface area contributed by atoms with E-state index in [1.165, 1.54) is 11.3 Å². The van der Waals surface area contributed by atoms with Gasteiger partial charge in [-0.05, 0) is 0 Å². The van der Waals surface area contributed by atoms with Crippen LogP contribution in [0.4, 0.5) is 5.13 Å². The van der Waals surface area contributed by atoms with E-state index < -0.39 is 0 Å². The first kappa shape index (κ1) is 7.21. The Hall–Kier alpha value is -0.900. The van der Waals surface area contributed by atoms with Crippen LogP contribution in [0.5, 0.6) is 0 Å². The largest absolute Gasteiger partial charge is 0.302 e. The molecule has 0 aliphatic rings. The second-order valence-corrected chi connectivity index (χ2v) is 2.63. The molecular formula is C6H8N2OS. The third-order valence-corrected chi connectivity index (χ3v) is 1.69. The zero-order valence-corrected chi connectivity index (χ0v) is 6.44. The molecule has 0 aliphatic heterocycles. The first-order valence-corrected chi connectivity index (χ1v) is 3.90. The van der Waals surface area contributed by atoms with Crippen LogP contribution in [0.15, 0.2) is 11.6 Å². The predicted molar refractivity (Wildman–Crippen MR) is 41.0 cm³/mol. The summed E-state index contributed by atoms with van der Waals surface area (Å²) in [5, 5.41) is 5.14. The molecule has 54 valence electrons. The Morgan fingerprint density at radius 1 is 1.90 bits per heavy atom. The molecule has 0 saturated carbocycles. The van der Waals surface area contributed by atoms with E-state index in [4.69, 9.17) is 0 Å². The minimum atomic E-state index is 0.00921. The highest BCUT2D eigenvalue weighted by Crippen LogP contribution is 2.09. The molecule has 3 nitrogen and oxygen atoms in total. The lowest BCUT2D eigenvalue weighted by atomic mass is 10.5. The van der Waals surface area contributed by atoms with Gasteiger partial charge in [-0.15, -0.1) is 11.3 Å². The number of nitrogens with one attached hydrogen (secondary N) is 1. The standard InChI is InChI=1S/C6H8N2OS/c1-2-5(9)8-6-7-3-4-10-6/h3-4H,2H2,1H3,(H,7,8,9). The molecule has 0 bridgehead atoms. The number of nitrogens with zero attached hydrogens (tertiary/aromatic N) is 1. The molecule has 0 spiro atoms. The van der Waals surface area contributed by atoms with Crippen LogP contribution in [0.25, 0.3) is 0 Å². The van der Waals surface area contributed by atoms with Crippen LogP contribution in [0, 0.1) is 0 Å². The van der Waals surface area contributed by atoms with Gasteiger partial charge in [0.2, 0.25) is 5.91 Å². The molecule has 1 N–H and O–H groups in total. The fraction of sp³-hybridized carbons (Fsp3) is 0.333. The third kappa shape index (κ3) is 1.80. The number of carbonyl (C=O) groups excluding carboxylic acids is 1. The van der Waals surface area contributed by atoms with Crippen LogP contribution in [-0.2, 0) is 4.79 Å². The smallest absolute Gasteiger partial charge is 0.225 e. The summed E-state index contributed by atoms with van der Waals surface area (Å²) in [5.41, 5.74) is 0. The van der Waals surface area contributed by atoms with Gasteiger partial charge in [0, 0.05) is 18.0 Å². The number of hydrogen-bond donors (Lipinski definition) is 1. The fourth-order valence-electron chi connectivity index (χ4n) is 0.493. The highest BCUT2D eigenvalue weighted by atomic mass is 32.1. The number of anilines is 1. The van der Waals surface area contributed by atoms with Crippen molar-refractivity contribution in [1.82, 2.24) is 4.98 Å². The number of aromatic nitrogens is 1. The molecule has 0 radical (unpaired) electrons. The van der Waals surface area contributed by atoms with Gasteiger partial charge in [-0.2, -0.15) is 0 Å². The van der Waals surface area contributed by atoms with Gasteiger partial charge in [0.15, 0.2) is 5.13 Å². The van der Waals surface area contributed by atoms with Crippen molar-refractivity contribution in [3.63, 3.8) is 0 Å². The molecule has 4 heteroatoms. The molecule has 1 amide bonds. The van der Waals surface area contributed by atoms with Gasteiger partial charge in [0.1, 0.15) is 0 Å².